The number of hydrogen-bond donors (Lipinski definition) is 2. The summed E-state index contributed by atoms with van der Waals surface area (Å²) in [5.74, 6) is 0.584. The van der Waals surface area contributed by atoms with Gasteiger partial charge in [0.15, 0.2) is 0 Å². The molecule has 1 aromatic carbocycles. The summed E-state index contributed by atoms with van der Waals surface area (Å²) in [7, 11) is 1.78. The summed E-state index contributed by atoms with van der Waals surface area (Å²) in [6, 6.07) is 9.97. The van der Waals surface area contributed by atoms with Crippen LogP contribution in [0.15, 0.2) is 42.7 Å². The van der Waals surface area contributed by atoms with Gasteiger partial charge in [0.05, 0.1) is 12.1 Å². The topological polar surface area (TPSA) is 74.3 Å². The van der Waals surface area contributed by atoms with Crippen molar-refractivity contribution in [1.29, 1.82) is 0 Å². The summed E-state index contributed by atoms with van der Waals surface area (Å²) in [4.78, 5) is 33.7. The van der Waals surface area contributed by atoms with Crippen molar-refractivity contribution < 1.29 is 9.59 Å². The van der Waals surface area contributed by atoms with E-state index in [9.17, 15) is 9.59 Å². The van der Waals surface area contributed by atoms with E-state index in [1.807, 2.05) is 19.3 Å². The third kappa shape index (κ3) is 4.93. The molecule has 2 aromatic rings. The van der Waals surface area contributed by atoms with Crippen molar-refractivity contribution >= 4 is 11.8 Å². The fraction of sp³-hybridized carbons (Fsp3) is 0.567. The highest BCUT2D eigenvalue weighted by Crippen LogP contribution is 2.44. The van der Waals surface area contributed by atoms with Crippen molar-refractivity contribution in [3.63, 3.8) is 0 Å². The Morgan fingerprint density at radius 1 is 0.972 bits per heavy atom. The van der Waals surface area contributed by atoms with Gasteiger partial charge in [0.25, 0.3) is 0 Å². The lowest BCUT2D eigenvalue weighted by Gasteiger charge is -2.36. The molecule has 3 aliphatic rings. The Kier molecular flexibility index (Phi) is 7.70. The summed E-state index contributed by atoms with van der Waals surface area (Å²) in [6.07, 6.45) is 13.6. The van der Waals surface area contributed by atoms with Crippen molar-refractivity contribution in [2.45, 2.75) is 88.8 Å². The molecule has 1 saturated heterocycles. The zero-order valence-corrected chi connectivity index (χ0v) is 21.7. The van der Waals surface area contributed by atoms with Crippen molar-refractivity contribution in [3.8, 4) is 0 Å². The zero-order chi connectivity index (χ0) is 25.1. The minimum absolute atomic E-state index is 0.0409. The molecule has 1 saturated carbocycles. The van der Waals surface area contributed by atoms with Crippen LogP contribution in [0.2, 0.25) is 0 Å². The molecule has 36 heavy (non-hydrogen) atoms. The summed E-state index contributed by atoms with van der Waals surface area (Å²) in [5, 5.41) is 6.18. The van der Waals surface area contributed by atoms with Gasteiger partial charge in [0.2, 0.25) is 11.8 Å². The van der Waals surface area contributed by atoms with Crippen LogP contribution in [-0.2, 0) is 16.0 Å². The number of nitrogens with one attached hydrogen (secondary N) is 2. The molecule has 2 fully saturated rings. The van der Waals surface area contributed by atoms with Crippen LogP contribution >= 0.6 is 0 Å². The number of pyridine rings is 1. The number of likely N-dealkylation sites (tertiary alicyclic amines) is 1. The van der Waals surface area contributed by atoms with Gasteiger partial charge in [-0.25, -0.2) is 0 Å². The van der Waals surface area contributed by atoms with E-state index in [0.717, 1.165) is 57.9 Å². The number of likely N-dealkylation sites (N-methyl/N-ethyl adjacent to an activating group) is 1. The van der Waals surface area contributed by atoms with Gasteiger partial charge < -0.3 is 15.5 Å². The molecule has 2 N–H and O–H groups in total. The molecule has 2 amide bonds. The SMILES string of the molecule is CNC(C)C(=O)N[C@H](C(=O)N1CCCC1c1cncc2c1CCC2c1ccccc1)C1CCCCC1. The van der Waals surface area contributed by atoms with E-state index in [0.29, 0.717) is 5.92 Å². The lowest BCUT2D eigenvalue weighted by molar-refractivity contribution is -0.139. The van der Waals surface area contributed by atoms with E-state index in [1.165, 1.54) is 28.7 Å². The molecule has 4 atom stereocenters. The number of aromatic nitrogens is 1. The fourth-order valence-electron chi connectivity index (χ4n) is 6.66. The number of fused-ring (bicyclic) bond motifs is 1. The summed E-state index contributed by atoms with van der Waals surface area (Å²) < 4.78 is 0. The maximum absolute atomic E-state index is 14.1. The molecule has 6 nitrogen and oxygen atoms in total. The first-order valence-corrected chi connectivity index (χ1v) is 13.9. The highest BCUT2D eigenvalue weighted by atomic mass is 16.2. The summed E-state index contributed by atoms with van der Waals surface area (Å²) in [6.45, 7) is 2.59. The van der Waals surface area contributed by atoms with E-state index in [1.54, 1.807) is 7.05 Å². The van der Waals surface area contributed by atoms with Gasteiger partial charge in [-0.05, 0) is 80.7 Å². The number of hydrogen-bond acceptors (Lipinski definition) is 4. The molecular formula is C30H40N4O2. The van der Waals surface area contributed by atoms with E-state index in [2.05, 4.69) is 50.8 Å². The number of nitrogens with zero attached hydrogens (tertiary/aromatic N) is 2. The largest absolute Gasteiger partial charge is 0.343 e. The number of carbonyl (C=O) groups excluding carboxylic acids is 2. The Bertz CT molecular complexity index is 1070. The van der Waals surface area contributed by atoms with E-state index >= 15 is 0 Å². The van der Waals surface area contributed by atoms with Crippen molar-refractivity contribution in [2.24, 2.45) is 5.92 Å². The highest BCUT2D eigenvalue weighted by Gasteiger charge is 2.40. The molecule has 1 aromatic heterocycles. The highest BCUT2D eigenvalue weighted by molar-refractivity contribution is 5.90. The Morgan fingerprint density at radius 3 is 2.47 bits per heavy atom. The molecule has 3 unspecified atom stereocenters. The van der Waals surface area contributed by atoms with Crippen LogP contribution in [0, 0.1) is 5.92 Å². The van der Waals surface area contributed by atoms with Crippen LogP contribution in [0.3, 0.4) is 0 Å². The van der Waals surface area contributed by atoms with Crippen LogP contribution in [0.5, 0.6) is 0 Å². The van der Waals surface area contributed by atoms with Gasteiger partial charge in [-0.2, -0.15) is 0 Å². The molecule has 0 bridgehead atoms. The molecule has 1 aliphatic heterocycles. The van der Waals surface area contributed by atoms with Crippen molar-refractivity contribution in [1.82, 2.24) is 20.5 Å². The van der Waals surface area contributed by atoms with Gasteiger partial charge in [-0.15, -0.1) is 0 Å². The summed E-state index contributed by atoms with van der Waals surface area (Å²) in [5.41, 5.74) is 5.26. The normalized spacial score (nSPS) is 23.8. The van der Waals surface area contributed by atoms with Gasteiger partial charge in [-0.3, -0.25) is 14.6 Å². The smallest absolute Gasteiger partial charge is 0.245 e. The molecule has 5 rings (SSSR count). The van der Waals surface area contributed by atoms with Crippen LogP contribution in [0.25, 0.3) is 0 Å². The molecule has 192 valence electrons. The number of amides is 2. The minimum atomic E-state index is -0.448. The average molecular weight is 489 g/mol. The lowest BCUT2D eigenvalue weighted by Crippen LogP contribution is -2.55. The van der Waals surface area contributed by atoms with Crippen LogP contribution in [-0.4, -0.2) is 47.4 Å². The maximum atomic E-state index is 14.1. The molecule has 2 heterocycles. The molecule has 2 aliphatic carbocycles. The fourth-order valence-corrected chi connectivity index (χ4v) is 6.66. The Labute approximate surface area is 215 Å². The van der Waals surface area contributed by atoms with Gasteiger partial charge in [0, 0.05) is 24.9 Å². The minimum Gasteiger partial charge on any atom is -0.343 e. The monoisotopic (exact) mass is 488 g/mol. The quantitative estimate of drug-likeness (QED) is 0.602. The van der Waals surface area contributed by atoms with Gasteiger partial charge >= 0.3 is 0 Å². The molecular weight excluding hydrogens is 448 g/mol. The third-order valence-corrected chi connectivity index (χ3v) is 8.79. The molecule has 0 radical (unpaired) electrons. The van der Waals surface area contributed by atoms with Crippen molar-refractivity contribution in [3.05, 3.63) is 65.0 Å². The predicted octanol–water partition coefficient (Wildman–Crippen LogP) is 4.50. The van der Waals surface area contributed by atoms with Gasteiger partial charge in [0.1, 0.15) is 6.04 Å². The Hall–Kier alpha value is -2.73. The summed E-state index contributed by atoms with van der Waals surface area (Å²) >= 11 is 0. The van der Waals surface area contributed by atoms with E-state index < -0.39 is 6.04 Å². The lowest BCUT2D eigenvalue weighted by atomic mass is 9.83. The van der Waals surface area contributed by atoms with Crippen LogP contribution in [0.4, 0.5) is 0 Å². The first-order valence-electron chi connectivity index (χ1n) is 13.9. The van der Waals surface area contributed by atoms with Gasteiger partial charge in [-0.1, -0.05) is 49.6 Å². The van der Waals surface area contributed by atoms with E-state index in [4.69, 9.17) is 0 Å². The second kappa shape index (κ2) is 11.1. The number of rotatable bonds is 7. The maximum Gasteiger partial charge on any atom is 0.245 e. The van der Waals surface area contributed by atoms with Crippen LogP contribution in [0.1, 0.15) is 92.5 Å². The standard InChI is InChI=1S/C30H40N4O2/c1-20(31-2)29(35)33-28(22-12-7-4-8-13-22)30(36)34-17-9-14-27(34)26-19-32-18-25-23(15-16-24(25)26)21-10-5-3-6-11-21/h3,5-6,10-11,18-20,22-23,27-28,31H,4,7-9,12-17H2,1-2H3,(H,33,35)/t20?,23?,27?,28-/m0/s1. The molecule has 6 heteroatoms. The average Bonchev–Trinajstić information content (AvgIpc) is 3.59. The first kappa shape index (κ1) is 24.9. The van der Waals surface area contributed by atoms with E-state index in [-0.39, 0.29) is 29.8 Å². The Morgan fingerprint density at radius 2 is 1.72 bits per heavy atom. The van der Waals surface area contributed by atoms with Crippen LogP contribution < -0.4 is 10.6 Å². The second-order valence-corrected chi connectivity index (χ2v) is 10.9. The second-order valence-electron chi connectivity index (χ2n) is 10.9. The zero-order valence-electron chi connectivity index (χ0n) is 21.7. The molecule has 0 spiro atoms. The predicted molar refractivity (Wildman–Crippen MR) is 142 cm³/mol. The van der Waals surface area contributed by atoms with Crippen molar-refractivity contribution in [2.75, 3.05) is 13.6 Å². The number of benzene rings is 1. The Balaban J connectivity index is 1.41. The number of carbonyl (C=O) groups is 2. The third-order valence-electron chi connectivity index (χ3n) is 8.79. The first-order chi connectivity index (χ1) is 17.6.